The Morgan fingerprint density at radius 2 is 1.82 bits per heavy atom. The summed E-state index contributed by atoms with van der Waals surface area (Å²) in [5, 5.41) is 10.5. The quantitative estimate of drug-likeness (QED) is 0.609. The number of nitrogens with zero attached hydrogens (tertiary/aromatic N) is 1. The molecule has 1 saturated carbocycles. The summed E-state index contributed by atoms with van der Waals surface area (Å²) in [7, 11) is 0. The molecule has 0 amide bonds. The molecule has 2 heterocycles. The molecular formula is C12H24N4O. The fourth-order valence-electron chi connectivity index (χ4n) is 2.74. The van der Waals surface area contributed by atoms with Crippen molar-refractivity contribution in [2.75, 3.05) is 39.3 Å². The lowest BCUT2D eigenvalue weighted by Crippen LogP contribution is -2.65. The van der Waals surface area contributed by atoms with Gasteiger partial charge in [0, 0.05) is 39.3 Å². The highest BCUT2D eigenvalue weighted by Gasteiger charge is 2.29. The zero-order valence-corrected chi connectivity index (χ0v) is 10.5. The van der Waals surface area contributed by atoms with Gasteiger partial charge in [-0.1, -0.05) is 0 Å². The largest absolute Gasteiger partial charge is 0.359 e. The van der Waals surface area contributed by atoms with Crippen molar-refractivity contribution in [2.24, 2.45) is 0 Å². The molecule has 2 atom stereocenters. The number of ether oxygens (including phenoxy) is 1. The standard InChI is InChI=1S/C12H24N4O/c1-2-10(3-1)17-12-9-14-8-11(15-12)16-6-4-13-5-7-16/h10-15H,1-9H2. The van der Waals surface area contributed by atoms with Crippen LogP contribution in [-0.2, 0) is 4.74 Å². The highest BCUT2D eigenvalue weighted by atomic mass is 16.5. The molecule has 0 aromatic carbocycles. The predicted molar refractivity (Wildman–Crippen MR) is 66.7 cm³/mol. The van der Waals surface area contributed by atoms with E-state index in [-0.39, 0.29) is 6.23 Å². The van der Waals surface area contributed by atoms with Crippen LogP contribution in [0.2, 0.25) is 0 Å². The summed E-state index contributed by atoms with van der Waals surface area (Å²) in [5.74, 6) is 0. The van der Waals surface area contributed by atoms with Crippen LogP contribution >= 0.6 is 0 Å². The number of piperazine rings is 2. The molecule has 17 heavy (non-hydrogen) atoms. The summed E-state index contributed by atoms with van der Waals surface area (Å²) in [4.78, 5) is 2.51. The second-order valence-corrected chi connectivity index (χ2v) is 5.30. The van der Waals surface area contributed by atoms with E-state index in [0.717, 1.165) is 39.3 Å². The van der Waals surface area contributed by atoms with Crippen LogP contribution in [0.3, 0.4) is 0 Å². The number of hydrogen-bond donors (Lipinski definition) is 3. The van der Waals surface area contributed by atoms with Gasteiger partial charge < -0.3 is 15.4 Å². The van der Waals surface area contributed by atoms with Gasteiger partial charge in [-0.15, -0.1) is 0 Å². The molecule has 3 fully saturated rings. The van der Waals surface area contributed by atoms with Crippen LogP contribution in [0.25, 0.3) is 0 Å². The zero-order valence-electron chi connectivity index (χ0n) is 10.5. The van der Waals surface area contributed by atoms with E-state index >= 15 is 0 Å². The van der Waals surface area contributed by atoms with E-state index in [1.165, 1.54) is 19.3 Å². The summed E-state index contributed by atoms with van der Waals surface area (Å²) >= 11 is 0. The van der Waals surface area contributed by atoms with Crippen LogP contribution in [0.1, 0.15) is 19.3 Å². The fourth-order valence-corrected chi connectivity index (χ4v) is 2.74. The zero-order chi connectivity index (χ0) is 11.5. The smallest absolute Gasteiger partial charge is 0.122 e. The molecule has 3 rings (SSSR count). The SMILES string of the molecule is C1CC(OC2CNCC(N3CCNCC3)N2)C1. The first-order valence-electron chi connectivity index (χ1n) is 6.99. The van der Waals surface area contributed by atoms with E-state index in [1.807, 2.05) is 0 Å². The van der Waals surface area contributed by atoms with Gasteiger partial charge in [-0.3, -0.25) is 10.2 Å². The van der Waals surface area contributed by atoms with Gasteiger partial charge >= 0.3 is 0 Å². The first-order valence-corrected chi connectivity index (χ1v) is 6.99. The minimum atomic E-state index is 0.203. The Hall–Kier alpha value is -0.200. The van der Waals surface area contributed by atoms with Crippen molar-refractivity contribution in [3.8, 4) is 0 Å². The molecule has 3 aliphatic rings. The van der Waals surface area contributed by atoms with Crippen molar-refractivity contribution in [3.05, 3.63) is 0 Å². The van der Waals surface area contributed by atoms with Crippen molar-refractivity contribution < 1.29 is 4.74 Å². The number of nitrogens with one attached hydrogen (secondary N) is 3. The second-order valence-electron chi connectivity index (χ2n) is 5.30. The van der Waals surface area contributed by atoms with Gasteiger partial charge in [-0.05, 0) is 19.3 Å². The van der Waals surface area contributed by atoms with E-state index in [9.17, 15) is 0 Å². The summed E-state index contributed by atoms with van der Waals surface area (Å²) in [6.07, 6.45) is 4.99. The Morgan fingerprint density at radius 1 is 1.00 bits per heavy atom. The molecule has 2 saturated heterocycles. The van der Waals surface area contributed by atoms with E-state index in [4.69, 9.17) is 4.74 Å². The highest BCUT2D eigenvalue weighted by molar-refractivity contribution is 4.83. The molecule has 5 heteroatoms. The lowest BCUT2D eigenvalue weighted by Gasteiger charge is -2.42. The van der Waals surface area contributed by atoms with Gasteiger partial charge in [-0.2, -0.15) is 0 Å². The maximum Gasteiger partial charge on any atom is 0.122 e. The maximum absolute atomic E-state index is 6.03. The molecule has 2 unspecified atom stereocenters. The second kappa shape index (κ2) is 5.63. The third-order valence-electron chi connectivity index (χ3n) is 4.05. The van der Waals surface area contributed by atoms with Crippen LogP contribution in [0.5, 0.6) is 0 Å². The Labute approximate surface area is 103 Å². The lowest BCUT2D eigenvalue weighted by atomic mass is 9.96. The molecule has 0 aromatic heterocycles. The van der Waals surface area contributed by atoms with E-state index in [2.05, 4.69) is 20.9 Å². The molecule has 2 aliphatic heterocycles. The molecule has 98 valence electrons. The molecule has 1 aliphatic carbocycles. The van der Waals surface area contributed by atoms with E-state index in [1.54, 1.807) is 0 Å². The van der Waals surface area contributed by atoms with Gasteiger partial charge in [0.25, 0.3) is 0 Å². The van der Waals surface area contributed by atoms with Gasteiger partial charge in [0.15, 0.2) is 0 Å². The Bertz CT molecular complexity index is 241. The van der Waals surface area contributed by atoms with Gasteiger partial charge in [0.05, 0.1) is 12.3 Å². The summed E-state index contributed by atoms with van der Waals surface area (Å²) < 4.78 is 6.03. The maximum atomic E-state index is 6.03. The third-order valence-corrected chi connectivity index (χ3v) is 4.05. The van der Waals surface area contributed by atoms with Crippen molar-refractivity contribution in [2.45, 2.75) is 37.8 Å². The monoisotopic (exact) mass is 240 g/mol. The molecule has 0 aromatic rings. The van der Waals surface area contributed by atoms with Crippen molar-refractivity contribution in [3.63, 3.8) is 0 Å². The summed E-state index contributed by atoms with van der Waals surface area (Å²) in [6.45, 7) is 6.45. The van der Waals surface area contributed by atoms with Crippen molar-refractivity contribution in [1.29, 1.82) is 0 Å². The van der Waals surface area contributed by atoms with Crippen LogP contribution in [0, 0.1) is 0 Å². The number of hydrogen-bond acceptors (Lipinski definition) is 5. The van der Waals surface area contributed by atoms with Crippen LogP contribution in [0.4, 0.5) is 0 Å². The first-order chi connectivity index (χ1) is 8.42. The van der Waals surface area contributed by atoms with E-state index < -0.39 is 0 Å². The minimum Gasteiger partial charge on any atom is -0.359 e. The van der Waals surface area contributed by atoms with Crippen LogP contribution < -0.4 is 16.0 Å². The third kappa shape index (κ3) is 2.98. The molecule has 5 nitrogen and oxygen atoms in total. The Morgan fingerprint density at radius 3 is 2.53 bits per heavy atom. The molecule has 0 spiro atoms. The number of rotatable bonds is 3. The Kier molecular flexibility index (Phi) is 3.93. The normalized spacial score (nSPS) is 36.7. The lowest BCUT2D eigenvalue weighted by molar-refractivity contribution is -0.0889. The molecular weight excluding hydrogens is 216 g/mol. The predicted octanol–water partition coefficient (Wildman–Crippen LogP) is -0.694. The molecule has 3 N–H and O–H groups in total. The van der Waals surface area contributed by atoms with Gasteiger partial charge in [-0.25, -0.2) is 0 Å². The van der Waals surface area contributed by atoms with Gasteiger partial charge in [0.2, 0.25) is 0 Å². The average Bonchev–Trinajstić information content (AvgIpc) is 2.35. The van der Waals surface area contributed by atoms with Crippen LogP contribution in [0.15, 0.2) is 0 Å². The topological polar surface area (TPSA) is 48.6 Å². The average molecular weight is 240 g/mol. The summed E-state index contributed by atoms with van der Waals surface area (Å²) in [5.41, 5.74) is 0. The van der Waals surface area contributed by atoms with Crippen molar-refractivity contribution >= 4 is 0 Å². The minimum absolute atomic E-state index is 0.203. The Balaban J connectivity index is 1.47. The van der Waals surface area contributed by atoms with E-state index in [0.29, 0.717) is 12.3 Å². The van der Waals surface area contributed by atoms with Crippen molar-refractivity contribution in [1.82, 2.24) is 20.9 Å². The first kappa shape index (κ1) is 11.9. The summed E-state index contributed by atoms with van der Waals surface area (Å²) in [6, 6.07) is 0. The van der Waals surface area contributed by atoms with Gasteiger partial charge in [0.1, 0.15) is 6.23 Å². The van der Waals surface area contributed by atoms with Crippen LogP contribution in [-0.4, -0.2) is 62.7 Å². The fraction of sp³-hybridized carbons (Fsp3) is 1.00. The molecule has 0 radical (unpaired) electrons. The molecule has 0 bridgehead atoms. The highest BCUT2D eigenvalue weighted by Crippen LogP contribution is 2.23.